The van der Waals surface area contributed by atoms with Crippen molar-refractivity contribution >= 4 is 46.4 Å². The van der Waals surface area contributed by atoms with Crippen LogP contribution >= 0.6 is 11.6 Å². The van der Waals surface area contributed by atoms with Gasteiger partial charge in [0.1, 0.15) is 16.5 Å². The second kappa shape index (κ2) is 9.80. The third-order valence-corrected chi connectivity index (χ3v) is 5.56. The van der Waals surface area contributed by atoms with Crippen LogP contribution in [0.5, 0.6) is 5.75 Å². The fraction of sp³-hybridized carbons (Fsp3) is 0.115. The number of benzene rings is 3. The molecular formula is C26H22ClN3O4. The number of rotatable bonds is 7. The third-order valence-electron chi connectivity index (χ3n) is 5.21. The number of carbonyl (C=O) groups excluding carboxylic acids is 3. The SMILES string of the molecule is CCOc1ccccc1NC(=O)c1cccc(NC2=C(Cl)C(=O)N(c3ccccc3C)C2=O)c1. The fourth-order valence-electron chi connectivity index (χ4n) is 3.57. The van der Waals surface area contributed by atoms with E-state index >= 15 is 0 Å². The van der Waals surface area contributed by atoms with Gasteiger partial charge in [-0.2, -0.15) is 0 Å². The number of amides is 3. The first-order valence-electron chi connectivity index (χ1n) is 10.6. The minimum atomic E-state index is -0.607. The van der Waals surface area contributed by atoms with Gasteiger partial charge in [-0.25, -0.2) is 4.90 Å². The summed E-state index contributed by atoms with van der Waals surface area (Å²) in [6.45, 7) is 4.14. The molecule has 172 valence electrons. The number of para-hydroxylation sites is 3. The molecule has 3 amide bonds. The molecule has 1 heterocycles. The zero-order valence-corrected chi connectivity index (χ0v) is 19.3. The molecule has 4 rings (SSSR count). The van der Waals surface area contributed by atoms with Crippen molar-refractivity contribution < 1.29 is 19.1 Å². The van der Waals surface area contributed by atoms with Gasteiger partial charge in [-0.3, -0.25) is 14.4 Å². The van der Waals surface area contributed by atoms with Crippen LogP contribution in [0.1, 0.15) is 22.8 Å². The van der Waals surface area contributed by atoms with E-state index in [2.05, 4.69) is 10.6 Å². The predicted octanol–water partition coefficient (Wildman–Crippen LogP) is 5.08. The van der Waals surface area contributed by atoms with Crippen molar-refractivity contribution in [3.8, 4) is 5.75 Å². The van der Waals surface area contributed by atoms with E-state index in [1.807, 2.05) is 19.1 Å². The van der Waals surface area contributed by atoms with Crippen LogP contribution in [-0.2, 0) is 9.59 Å². The van der Waals surface area contributed by atoms with E-state index in [1.165, 1.54) is 0 Å². The number of imide groups is 1. The summed E-state index contributed by atoms with van der Waals surface area (Å²) >= 11 is 6.24. The lowest BCUT2D eigenvalue weighted by molar-refractivity contribution is -0.120. The lowest BCUT2D eigenvalue weighted by Crippen LogP contribution is -2.32. The molecule has 34 heavy (non-hydrogen) atoms. The van der Waals surface area contributed by atoms with Gasteiger partial charge >= 0.3 is 0 Å². The van der Waals surface area contributed by atoms with Crippen molar-refractivity contribution in [2.24, 2.45) is 0 Å². The highest BCUT2D eigenvalue weighted by atomic mass is 35.5. The Labute approximate surface area is 202 Å². The van der Waals surface area contributed by atoms with Crippen LogP contribution in [0.25, 0.3) is 0 Å². The summed E-state index contributed by atoms with van der Waals surface area (Å²) in [5.41, 5.74) is 2.51. The average Bonchev–Trinajstić information content (AvgIpc) is 3.04. The van der Waals surface area contributed by atoms with Gasteiger partial charge in [-0.05, 0) is 55.8 Å². The first kappa shape index (κ1) is 23.1. The van der Waals surface area contributed by atoms with Gasteiger partial charge in [-0.1, -0.05) is 48.0 Å². The standard InChI is InChI=1S/C26H22ClN3O4/c1-3-34-21-14-7-5-12-19(21)29-24(31)17-10-8-11-18(15-17)28-23-22(27)25(32)30(26(23)33)20-13-6-4-9-16(20)2/h4-15,28H,3H2,1-2H3,(H,29,31). The van der Waals surface area contributed by atoms with Crippen molar-refractivity contribution in [1.82, 2.24) is 0 Å². The molecule has 1 aliphatic rings. The van der Waals surface area contributed by atoms with Gasteiger partial charge in [0.25, 0.3) is 17.7 Å². The normalized spacial score (nSPS) is 13.3. The van der Waals surface area contributed by atoms with Gasteiger partial charge in [0, 0.05) is 11.3 Å². The summed E-state index contributed by atoms with van der Waals surface area (Å²) in [4.78, 5) is 39.7. The van der Waals surface area contributed by atoms with Gasteiger partial charge in [0.05, 0.1) is 18.0 Å². The summed E-state index contributed by atoms with van der Waals surface area (Å²) < 4.78 is 5.55. The summed E-state index contributed by atoms with van der Waals surface area (Å²) in [5.74, 6) is -0.961. The van der Waals surface area contributed by atoms with Crippen LogP contribution in [0.3, 0.4) is 0 Å². The van der Waals surface area contributed by atoms with Crippen LogP contribution in [0.4, 0.5) is 17.1 Å². The van der Waals surface area contributed by atoms with Crippen molar-refractivity contribution in [3.05, 3.63) is 94.7 Å². The maximum atomic E-state index is 13.0. The molecule has 3 aromatic carbocycles. The highest BCUT2D eigenvalue weighted by Crippen LogP contribution is 2.32. The quantitative estimate of drug-likeness (QED) is 0.465. The Balaban J connectivity index is 1.55. The molecule has 0 fully saturated rings. The lowest BCUT2D eigenvalue weighted by Gasteiger charge is -2.17. The summed E-state index contributed by atoms with van der Waals surface area (Å²) in [6, 6.07) is 20.8. The highest BCUT2D eigenvalue weighted by Gasteiger charge is 2.39. The smallest absolute Gasteiger partial charge is 0.283 e. The van der Waals surface area contributed by atoms with Gasteiger partial charge in [-0.15, -0.1) is 0 Å². The molecular weight excluding hydrogens is 454 g/mol. The Hall–Kier alpha value is -4.10. The van der Waals surface area contributed by atoms with Gasteiger partial charge in [0.15, 0.2) is 0 Å². The monoisotopic (exact) mass is 475 g/mol. The van der Waals surface area contributed by atoms with E-state index in [9.17, 15) is 14.4 Å². The van der Waals surface area contributed by atoms with Crippen LogP contribution in [0.15, 0.2) is 83.5 Å². The molecule has 0 aromatic heterocycles. The molecule has 2 N–H and O–H groups in total. The number of hydrogen-bond acceptors (Lipinski definition) is 5. The number of anilines is 3. The average molecular weight is 476 g/mol. The Morgan fingerprint density at radius 1 is 0.971 bits per heavy atom. The van der Waals surface area contributed by atoms with Crippen molar-refractivity contribution in [2.75, 3.05) is 22.1 Å². The summed E-state index contributed by atoms with van der Waals surface area (Å²) in [5, 5.41) is 5.53. The molecule has 0 atom stereocenters. The van der Waals surface area contributed by atoms with Gasteiger partial charge < -0.3 is 15.4 Å². The zero-order chi connectivity index (χ0) is 24.2. The molecule has 1 aliphatic heterocycles. The minimum Gasteiger partial charge on any atom is -0.492 e. The molecule has 0 spiro atoms. The Morgan fingerprint density at radius 3 is 2.47 bits per heavy atom. The number of carbonyl (C=O) groups is 3. The van der Waals surface area contributed by atoms with Crippen molar-refractivity contribution in [2.45, 2.75) is 13.8 Å². The minimum absolute atomic E-state index is 0.0471. The molecule has 0 saturated carbocycles. The van der Waals surface area contributed by atoms with Crippen LogP contribution in [-0.4, -0.2) is 24.3 Å². The zero-order valence-electron chi connectivity index (χ0n) is 18.6. The molecule has 0 aliphatic carbocycles. The van der Waals surface area contributed by atoms with Crippen LogP contribution < -0.4 is 20.3 Å². The number of ether oxygens (including phenoxy) is 1. The number of halogens is 1. The molecule has 0 saturated heterocycles. The molecule has 0 radical (unpaired) electrons. The Kier molecular flexibility index (Phi) is 6.65. The Bertz CT molecular complexity index is 1320. The lowest BCUT2D eigenvalue weighted by atomic mass is 10.1. The molecule has 0 unspecified atom stereocenters. The molecule has 3 aromatic rings. The molecule has 8 heteroatoms. The maximum absolute atomic E-state index is 13.0. The first-order chi connectivity index (χ1) is 16.4. The van der Waals surface area contributed by atoms with E-state index in [-0.39, 0.29) is 16.6 Å². The number of aryl methyl sites for hydroxylation is 1. The fourth-order valence-corrected chi connectivity index (χ4v) is 3.79. The predicted molar refractivity (Wildman–Crippen MR) is 132 cm³/mol. The molecule has 0 bridgehead atoms. The first-order valence-corrected chi connectivity index (χ1v) is 11.0. The van der Waals surface area contributed by atoms with E-state index < -0.39 is 11.8 Å². The number of nitrogens with zero attached hydrogens (tertiary/aromatic N) is 1. The molecule has 7 nitrogen and oxygen atoms in total. The number of nitrogens with one attached hydrogen (secondary N) is 2. The number of hydrogen-bond donors (Lipinski definition) is 2. The summed E-state index contributed by atoms with van der Waals surface area (Å²) in [6.07, 6.45) is 0. The summed E-state index contributed by atoms with van der Waals surface area (Å²) in [7, 11) is 0. The van der Waals surface area contributed by atoms with Crippen LogP contribution in [0.2, 0.25) is 0 Å². The van der Waals surface area contributed by atoms with E-state index in [4.69, 9.17) is 16.3 Å². The van der Waals surface area contributed by atoms with Crippen molar-refractivity contribution in [3.63, 3.8) is 0 Å². The maximum Gasteiger partial charge on any atom is 0.283 e. The third kappa shape index (κ3) is 4.51. The van der Waals surface area contributed by atoms with E-state index in [0.29, 0.717) is 35.0 Å². The second-order valence-corrected chi connectivity index (χ2v) is 7.89. The van der Waals surface area contributed by atoms with Crippen LogP contribution in [0, 0.1) is 6.92 Å². The van der Waals surface area contributed by atoms with E-state index in [0.717, 1.165) is 10.5 Å². The largest absolute Gasteiger partial charge is 0.492 e. The van der Waals surface area contributed by atoms with E-state index in [1.54, 1.807) is 67.6 Å². The van der Waals surface area contributed by atoms with Gasteiger partial charge in [0.2, 0.25) is 0 Å². The topological polar surface area (TPSA) is 87.7 Å². The Morgan fingerprint density at radius 2 is 1.71 bits per heavy atom. The second-order valence-electron chi connectivity index (χ2n) is 7.51. The van der Waals surface area contributed by atoms with Crippen molar-refractivity contribution in [1.29, 1.82) is 0 Å². The highest BCUT2D eigenvalue weighted by molar-refractivity contribution is 6.53.